The van der Waals surface area contributed by atoms with Crippen LogP contribution in [-0.2, 0) is 6.54 Å². The zero-order valence-electron chi connectivity index (χ0n) is 14.6. The highest BCUT2D eigenvalue weighted by molar-refractivity contribution is 5.92. The summed E-state index contributed by atoms with van der Waals surface area (Å²) in [5, 5.41) is 14.0. The Balaban J connectivity index is 1.65. The van der Waals surface area contributed by atoms with Crippen LogP contribution < -0.4 is 15.4 Å². The highest BCUT2D eigenvalue weighted by Gasteiger charge is 2.09. The molecule has 2 N–H and O–H groups in total. The van der Waals surface area contributed by atoms with E-state index < -0.39 is 0 Å². The Hall–Kier alpha value is -3.48. The van der Waals surface area contributed by atoms with E-state index in [9.17, 15) is 4.79 Å². The first-order chi connectivity index (χ1) is 12.7. The predicted molar refractivity (Wildman–Crippen MR) is 98.5 cm³/mol. The van der Waals surface area contributed by atoms with Crippen molar-refractivity contribution < 1.29 is 9.53 Å². The Kier molecular flexibility index (Phi) is 5.38. The van der Waals surface area contributed by atoms with Crippen LogP contribution >= 0.6 is 0 Å². The van der Waals surface area contributed by atoms with Gasteiger partial charge in [-0.2, -0.15) is 0 Å². The zero-order chi connectivity index (χ0) is 18.4. The molecule has 132 valence electrons. The van der Waals surface area contributed by atoms with Crippen LogP contribution in [0.5, 0.6) is 5.75 Å². The second-order valence-electron chi connectivity index (χ2n) is 5.67. The van der Waals surface area contributed by atoms with Gasteiger partial charge in [0.05, 0.1) is 12.8 Å². The van der Waals surface area contributed by atoms with Crippen molar-refractivity contribution in [3.63, 3.8) is 0 Å². The van der Waals surface area contributed by atoms with E-state index in [1.54, 1.807) is 31.6 Å². The number of carbonyl (C=O) groups is 1. The number of pyridine rings is 1. The first-order valence-electron chi connectivity index (χ1n) is 8.08. The lowest BCUT2D eigenvalue weighted by Gasteiger charge is -2.11. The van der Waals surface area contributed by atoms with E-state index in [4.69, 9.17) is 4.74 Å². The van der Waals surface area contributed by atoms with E-state index in [0.717, 1.165) is 16.8 Å². The molecule has 1 aromatic carbocycles. The van der Waals surface area contributed by atoms with Gasteiger partial charge < -0.3 is 15.4 Å². The van der Waals surface area contributed by atoms with Gasteiger partial charge in [0.2, 0.25) is 0 Å². The second kappa shape index (κ2) is 8.06. The minimum Gasteiger partial charge on any atom is -0.495 e. The maximum atomic E-state index is 12.2. The Bertz CT molecular complexity index is 882. The van der Waals surface area contributed by atoms with Gasteiger partial charge in [-0.3, -0.25) is 9.78 Å². The molecule has 3 rings (SSSR count). The lowest BCUT2D eigenvalue weighted by molar-refractivity contribution is 0.0945. The van der Waals surface area contributed by atoms with Crippen LogP contribution in [0.2, 0.25) is 0 Å². The lowest BCUT2D eigenvalue weighted by atomic mass is 10.2. The van der Waals surface area contributed by atoms with Gasteiger partial charge >= 0.3 is 0 Å². The molecule has 0 bridgehead atoms. The van der Waals surface area contributed by atoms with Crippen molar-refractivity contribution in [2.24, 2.45) is 0 Å². The molecule has 1 amide bonds. The number of aryl methyl sites for hydroxylation is 1. The number of ether oxygens (including phenoxy) is 1. The maximum Gasteiger partial charge on any atom is 0.272 e. The molecule has 0 aliphatic carbocycles. The first-order valence-corrected chi connectivity index (χ1v) is 8.08. The third-order valence-electron chi connectivity index (χ3n) is 3.72. The number of hydrogen-bond acceptors (Lipinski definition) is 6. The van der Waals surface area contributed by atoms with Crippen LogP contribution in [0.15, 0.2) is 54.9 Å². The molecular weight excluding hydrogens is 330 g/mol. The van der Waals surface area contributed by atoms with Crippen molar-refractivity contribution in [2.45, 2.75) is 13.5 Å². The van der Waals surface area contributed by atoms with E-state index in [1.807, 2.05) is 37.3 Å². The summed E-state index contributed by atoms with van der Waals surface area (Å²) in [5.74, 6) is 0.949. The number of rotatable bonds is 6. The number of anilines is 2. The van der Waals surface area contributed by atoms with E-state index in [1.165, 1.54) is 0 Å². The van der Waals surface area contributed by atoms with Crippen LogP contribution in [0.25, 0.3) is 0 Å². The Morgan fingerprint density at radius 3 is 2.58 bits per heavy atom. The van der Waals surface area contributed by atoms with Gasteiger partial charge in [0.1, 0.15) is 5.75 Å². The van der Waals surface area contributed by atoms with Crippen LogP contribution in [0.3, 0.4) is 0 Å². The van der Waals surface area contributed by atoms with E-state index in [2.05, 4.69) is 25.8 Å². The summed E-state index contributed by atoms with van der Waals surface area (Å²) in [5.41, 5.74) is 3.09. The number of aromatic nitrogens is 3. The topological polar surface area (TPSA) is 89.0 Å². The molecule has 0 fully saturated rings. The molecule has 0 saturated heterocycles. The molecule has 0 radical (unpaired) electrons. The fourth-order valence-electron chi connectivity index (χ4n) is 2.35. The third kappa shape index (κ3) is 4.32. The Morgan fingerprint density at radius 2 is 1.88 bits per heavy atom. The number of amides is 1. The molecular formula is C19H19N5O2. The molecule has 2 heterocycles. The molecule has 7 heteroatoms. The van der Waals surface area contributed by atoms with Crippen molar-refractivity contribution in [1.29, 1.82) is 0 Å². The summed E-state index contributed by atoms with van der Waals surface area (Å²) in [7, 11) is 1.61. The van der Waals surface area contributed by atoms with Gasteiger partial charge in [-0.25, -0.2) is 0 Å². The average Bonchev–Trinajstić information content (AvgIpc) is 2.68. The lowest BCUT2D eigenvalue weighted by Crippen LogP contribution is -2.24. The van der Waals surface area contributed by atoms with Crippen molar-refractivity contribution in [3.8, 4) is 5.75 Å². The minimum absolute atomic E-state index is 0.251. The molecule has 7 nitrogen and oxygen atoms in total. The molecule has 0 spiro atoms. The Labute approximate surface area is 151 Å². The number of hydrogen-bond donors (Lipinski definition) is 2. The van der Waals surface area contributed by atoms with Crippen molar-refractivity contribution in [3.05, 3.63) is 71.7 Å². The van der Waals surface area contributed by atoms with Crippen molar-refractivity contribution >= 4 is 17.4 Å². The second-order valence-corrected chi connectivity index (χ2v) is 5.67. The predicted octanol–water partition coefficient (Wildman–Crippen LogP) is 2.86. The normalized spacial score (nSPS) is 10.2. The fraction of sp³-hybridized carbons (Fsp3) is 0.158. The van der Waals surface area contributed by atoms with Gasteiger partial charge in [-0.1, -0.05) is 6.07 Å². The minimum atomic E-state index is -0.283. The molecule has 0 atom stereocenters. The molecule has 3 aromatic rings. The quantitative estimate of drug-likeness (QED) is 0.711. The molecule has 0 saturated carbocycles. The summed E-state index contributed by atoms with van der Waals surface area (Å²) < 4.78 is 5.33. The standard InChI is InChI=1S/C19H19N5O2/c1-13-3-5-17(26-2)16(11-13)22-18-6-4-15(23-24-18)19(25)21-12-14-7-9-20-10-8-14/h3-11H,12H2,1-2H3,(H,21,25)(H,22,24). The van der Waals surface area contributed by atoms with E-state index >= 15 is 0 Å². The van der Waals surface area contributed by atoms with Crippen molar-refractivity contribution in [2.75, 3.05) is 12.4 Å². The third-order valence-corrected chi connectivity index (χ3v) is 3.72. The largest absolute Gasteiger partial charge is 0.495 e. The maximum absolute atomic E-state index is 12.2. The number of nitrogens with one attached hydrogen (secondary N) is 2. The summed E-state index contributed by atoms with van der Waals surface area (Å²) in [6, 6.07) is 12.8. The van der Waals surface area contributed by atoms with Crippen LogP contribution in [-0.4, -0.2) is 28.2 Å². The highest BCUT2D eigenvalue weighted by Crippen LogP contribution is 2.27. The van der Waals surface area contributed by atoms with Gasteiger partial charge in [-0.05, 0) is 54.4 Å². The zero-order valence-corrected chi connectivity index (χ0v) is 14.6. The number of methoxy groups -OCH3 is 1. The molecule has 0 aliphatic heterocycles. The van der Waals surface area contributed by atoms with Gasteiger partial charge in [-0.15, -0.1) is 10.2 Å². The SMILES string of the molecule is COc1ccc(C)cc1Nc1ccc(C(=O)NCc2ccncc2)nn1. The number of carbonyl (C=O) groups excluding carboxylic acids is 1. The van der Waals surface area contributed by atoms with Crippen LogP contribution in [0.4, 0.5) is 11.5 Å². The summed E-state index contributed by atoms with van der Waals surface area (Å²) in [4.78, 5) is 16.1. The first kappa shape index (κ1) is 17.3. The van der Waals surface area contributed by atoms with Gasteiger partial charge in [0.25, 0.3) is 5.91 Å². The van der Waals surface area contributed by atoms with Gasteiger partial charge in [0, 0.05) is 18.9 Å². The number of nitrogens with zero attached hydrogens (tertiary/aromatic N) is 3. The average molecular weight is 349 g/mol. The molecule has 2 aromatic heterocycles. The monoisotopic (exact) mass is 349 g/mol. The number of benzene rings is 1. The summed E-state index contributed by atoms with van der Waals surface area (Å²) >= 11 is 0. The molecule has 0 unspecified atom stereocenters. The Morgan fingerprint density at radius 1 is 1.08 bits per heavy atom. The molecule has 26 heavy (non-hydrogen) atoms. The molecule has 0 aliphatic rings. The summed E-state index contributed by atoms with van der Waals surface area (Å²) in [6.07, 6.45) is 3.36. The highest BCUT2D eigenvalue weighted by atomic mass is 16.5. The van der Waals surface area contributed by atoms with Crippen molar-refractivity contribution in [1.82, 2.24) is 20.5 Å². The smallest absolute Gasteiger partial charge is 0.272 e. The summed E-state index contributed by atoms with van der Waals surface area (Å²) in [6.45, 7) is 2.40. The van der Waals surface area contributed by atoms with Gasteiger partial charge in [0.15, 0.2) is 11.5 Å². The van der Waals surface area contributed by atoms with Crippen LogP contribution in [0, 0.1) is 6.92 Å². The fourth-order valence-corrected chi connectivity index (χ4v) is 2.35. The van der Waals surface area contributed by atoms with E-state index in [-0.39, 0.29) is 11.6 Å². The van der Waals surface area contributed by atoms with Crippen LogP contribution in [0.1, 0.15) is 21.6 Å². The van der Waals surface area contributed by atoms with E-state index in [0.29, 0.717) is 18.1 Å².